The molecule has 0 saturated carbocycles. The highest BCUT2D eigenvalue weighted by molar-refractivity contribution is 7.92. The molecular formula is C22H22N2O3S. The van der Waals surface area contributed by atoms with Crippen LogP contribution in [0.3, 0.4) is 0 Å². The van der Waals surface area contributed by atoms with E-state index in [0.29, 0.717) is 5.69 Å². The standard InChI is InChI=1S/C22H22N2O3S/c1-15-12-16(2)21(17(3)13-15)23-22(25)18-8-7-11-20(14-18)28(26,27)24-19-9-5-4-6-10-19/h4-14,24H,1-3H3,(H,23,25). The predicted molar refractivity (Wildman–Crippen MR) is 112 cm³/mol. The van der Waals surface area contributed by atoms with E-state index in [1.807, 2.05) is 32.9 Å². The number of nitrogens with one attached hydrogen (secondary N) is 2. The average molecular weight is 394 g/mol. The normalized spacial score (nSPS) is 11.1. The van der Waals surface area contributed by atoms with Gasteiger partial charge in [-0.15, -0.1) is 0 Å². The molecule has 1 amide bonds. The molecule has 0 fully saturated rings. The van der Waals surface area contributed by atoms with Gasteiger partial charge < -0.3 is 5.32 Å². The van der Waals surface area contributed by atoms with E-state index in [0.717, 1.165) is 22.4 Å². The number of carbonyl (C=O) groups is 1. The Balaban J connectivity index is 1.86. The van der Waals surface area contributed by atoms with Crippen LogP contribution >= 0.6 is 0 Å². The van der Waals surface area contributed by atoms with Crippen LogP contribution in [0.4, 0.5) is 11.4 Å². The molecule has 144 valence electrons. The van der Waals surface area contributed by atoms with Crippen molar-refractivity contribution < 1.29 is 13.2 Å². The zero-order valence-corrected chi connectivity index (χ0v) is 16.8. The summed E-state index contributed by atoms with van der Waals surface area (Å²) in [4.78, 5) is 12.7. The Morgan fingerprint density at radius 3 is 2.11 bits per heavy atom. The molecular weight excluding hydrogens is 372 g/mol. The molecule has 3 aromatic carbocycles. The second-order valence-electron chi connectivity index (χ2n) is 6.73. The second kappa shape index (κ2) is 7.86. The van der Waals surface area contributed by atoms with Gasteiger partial charge in [-0.25, -0.2) is 8.42 Å². The number of amides is 1. The summed E-state index contributed by atoms with van der Waals surface area (Å²) in [7, 11) is -3.79. The van der Waals surface area contributed by atoms with Gasteiger partial charge in [0.1, 0.15) is 0 Å². The third-order valence-corrected chi connectivity index (χ3v) is 5.73. The number of hydrogen-bond acceptors (Lipinski definition) is 3. The fourth-order valence-electron chi connectivity index (χ4n) is 3.09. The molecule has 3 aromatic rings. The lowest BCUT2D eigenvalue weighted by Crippen LogP contribution is -2.16. The second-order valence-corrected chi connectivity index (χ2v) is 8.41. The van der Waals surface area contributed by atoms with Gasteiger partial charge in [-0.1, -0.05) is 42.0 Å². The van der Waals surface area contributed by atoms with Gasteiger partial charge >= 0.3 is 0 Å². The van der Waals surface area contributed by atoms with Crippen molar-refractivity contribution in [1.29, 1.82) is 0 Å². The molecule has 0 aromatic heterocycles. The van der Waals surface area contributed by atoms with Gasteiger partial charge in [-0.05, 0) is 62.2 Å². The molecule has 28 heavy (non-hydrogen) atoms. The van der Waals surface area contributed by atoms with Crippen LogP contribution in [0.1, 0.15) is 27.0 Å². The summed E-state index contributed by atoms with van der Waals surface area (Å²) < 4.78 is 27.8. The van der Waals surface area contributed by atoms with Crippen LogP contribution in [0.5, 0.6) is 0 Å². The third kappa shape index (κ3) is 4.40. The first-order valence-corrected chi connectivity index (χ1v) is 10.3. The van der Waals surface area contributed by atoms with Crippen molar-refractivity contribution >= 4 is 27.3 Å². The number of carbonyl (C=O) groups excluding carboxylic acids is 1. The minimum atomic E-state index is -3.79. The van der Waals surface area contributed by atoms with Crippen LogP contribution in [0.15, 0.2) is 71.6 Å². The first-order chi connectivity index (χ1) is 13.3. The maximum absolute atomic E-state index is 12.7. The summed E-state index contributed by atoms with van der Waals surface area (Å²) >= 11 is 0. The van der Waals surface area contributed by atoms with Gasteiger partial charge in [0.05, 0.1) is 4.90 Å². The van der Waals surface area contributed by atoms with Gasteiger partial charge in [0.2, 0.25) is 0 Å². The molecule has 3 rings (SSSR count). The minimum absolute atomic E-state index is 0.0290. The topological polar surface area (TPSA) is 75.3 Å². The lowest BCUT2D eigenvalue weighted by Gasteiger charge is -2.13. The van der Waals surface area contributed by atoms with Gasteiger partial charge in [-0.3, -0.25) is 9.52 Å². The number of aryl methyl sites for hydroxylation is 3. The molecule has 0 spiro atoms. The Bertz CT molecular complexity index is 1100. The summed E-state index contributed by atoms with van der Waals surface area (Å²) in [5.74, 6) is -0.355. The van der Waals surface area contributed by atoms with Gasteiger partial charge in [0.25, 0.3) is 15.9 Å². The van der Waals surface area contributed by atoms with Crippen molar-refractivity contribution in [2.45, 2.75) is 25.7 Å². The maximum Gasteiger partial charge on any atom is 0.261 e. The molecule has 0 saturated heterocycles. The lowest BCUT2D eigenvalue weighted by atomic mass is 10.0. The van der Waals surface area contributed by atoms with E-state index in [4.69, 9.17) is 0 Å². The molecule has 0 aliphatic rings. The van der Waals surface area contributed by atoms with Crippen LogP contribution in [0.25, 0.3) is 0 Å². The Labute approximate surface area is 165 Å². The van der Waals surface area contributed by atoms with Crippen LogP contribution in [-0.4, -0.2) is 14.3 Å². The van der Waals surface area contributed by atoms with E-state index < -0.39 is 10.0 Å². The molecule has 5 nitrogen and oxygen atoms in total. The Morgan fingerprint density at radius 2 is 1.46 bits per heavy atom. The van der Waals surface area contributed by atoms with Crippen LogP contribution in [0, 0.1) is 20.8 Å². The average Bonchev–Trinajstić information content (AvgIpc) is 2.65. The minimum Gasteiger partial charge on any atom is -0.322 e. The van der Waals surface area contributed by atoms with Crippen LogP contribution in [-0.2, 0) is 10.0 Å². The van der Waals surface area contributed by atoms with E-state index in [2.05, 4.69) is 10.0 Å². The highest BCUT2D eigenvalue weighted by Gasteiger charge is 2.17. The predicted octanol–water partition coefficient (Wildman–Crippen LogP) is 4.66. The smallest absolute Gasteiger partial charge is 0.261 e. The fraction of sp³-hybridized carbons (Fsp3) is 0.136. The molecule has 0 aliphatic carbocycles. The number of hydrogen-bond donors (Lipinski definition) is 2. The summed E-state index contributed by atoms with van der Waals surface area (Å²) in [5, 5.41) is 2.90. The van der Waals surface area contributed by atoms with Gasteiger partial charge in [-0.2, -0.15) is 0 Å². The van der Waals surface area contributed by atoms with Crippen molar-refractivity contribution in [1.82, 2.24) is 0 Å². The van der Waals surface area contributed by atoms with Gasteiger partial charge in [0.15, 0.2) is 0 Å². The van der Waals surface area contributed by atoms with Crippen LogP contribution in [0.2, 0.25) is 0 Å². The summed E-state index contributed by atoms with van der Waals surface area (Å²) in [6, 6.07) is 18.6. The number of para-hydroxylation sites is 1. The first-order valence-electron chi connectivity index (χ1n) is 8.83. The number of rotatable bonds is 5. The SMILES string of the molecule is Cc1cc(C)c(NC(=O)c2cccc(S(=O)(=O)Nc3ccccc3)c2)c(C)c1. The largest absolute Gasteiger partial charge is 0.322 e. The molecule has 6 heteroatoms. The van der Waals surface area contributed by atoms with Crippen LogP contribution < -0.4 is 10.0 Å². The Morgan fingerprint density at radius 1 is 0.821 bits per heavy atom. The third-order valence-electron chi connectivity index (χ3n) is 4.35. The first kappa shape index (κ1) is 19.6. The zero-order chi connectivity index (χ0) is 20.3. The van der Waals surface area contributed by atoms with E-state index in [1.54, 1.807) is 42.5 Å². The molecule has 0 bridgehead atoms. The van der Waals surface area contributed by atoms with Crippen molar-refractivity contribution in [3.05, 3.63) is 89.0 Å². The van der Waals surface area contributed by atoms with Crippen molar-refractivity contribution in [3.63, 3.8) is 0 Å². The summed E-state index contributed by atoms with van der Waals surface area (Å²) in [6.45, 7) is 5.86. The van der Waals surface area contributed by atoms with Crippen molar-refractivity contribution in [3.8, 4) is 0 Å². The fourth-order valence-corrected chi connectivity index (χ4v) is 4.19. The molecule has 0 radical (unpaired) electrons. The van der Waals surface area contributed by atoms with Crippen molar-refractivity contribution in [2.24, 2.45) is 0 Å². The summed E-state index contributed by atoms with van der Waals surface area (Å²) in [5.41, 5.74) is 4.51. The Kier molecular flexibility index (Phi) is 5.51. The molecule has 0 unspecified atom stereocenters. The van der Waals surface area contributed by atoms with E-state index in [-0.39, 0.29) is 16.4 Å². The van der Waals surface area contributed by atoms with E-state index in [9.17, 15) is 13.2 Å². The monoisotopic (exact) mass is 394 g/mol. The molecule has 2 N–H and O–H groups in total. The zero-order valence-electron chi connectivity index (χ0n) is 16.0. The quantitative estimate of drug-likeness (QED) is 0.661. The number of anilines is 2. The van der Waals surface area contributed by atoms with Crippen molar-refractivity contribution in [2.75, 3.05) is 10.0 Å². The lowest BCUT2D eigenvalue weighted by molar-refractivity contribution is 0.102. The van der Waals surface area contributed by atoms with E-state index >= 15 is 0 Å². The summed E-state index contributed by atoms with van der Waals surface area (Å²) in [6.07, 6.45) is 0. The highest BCUT2D eigenvalue weighted by atomic mass is 32.2. The number of benzene rings is 3. The molecule has 0 atom stereocenters. The van der Waals surface area contributed by atoms with E-state index in [1.165, 1.54) is 12.1 Å². The Hall–Kier alpha value is -3.12. The number of sulfonamides is 1. The molecule has 0 heterocycles. The van der Waals surface area contributed by atoms with Gasteiger partial charge in [0, 0.05) is 16.9 Å². The maximum atomic E-state index is 12.7. The highest BCUT2D eigenvalue weighted by Crippen LogP contribution is 2.23. The molecule has 0 aliphatic heterocycles.